The number of likely N-dealkylation sites (N-methyl/N-ethyl adjacent to an activating group) is 1. The summed E-state index contributed by atoms with van der Waals surface area (Å²) >= 11 is 0. The van der Waals surface area contributed by atoms with Crippen LogP contribution in [0.3, 0.4) is 0 Å². The van der Waals surface area contributed by atoms with Crippen LogP contribution in [0, 0.1) is 0 Å². The van der Waals surface area contributed by atoms with Crippen LogP contribution in [0.4, 0.5) is 5.69 Å². The second-order valence-electron chi connectivity index (χ2n) is 8.71. The number of amides is 2. The number of carbonyl (C=O) groups is 2. The van der Waals surface area contributed by atoms with Crippen LogP contribution in [-0.2, 0) is 16.1 Å². The zero-order chi connectivity index (χ0) is 24.2. The zero-order valence-electron chi connectivity index (χ0n) is 20.1. The van der Waals surface area contributed by atoms with Gasteiger partial charge in [-0.15, -0.1) is 0 Å². The molecule has 0 aliphatic carbocycles. The fraction of sp³-hybridized carbons (Fsp3) is 0.241. The topological polar surface area (TPSA) is 49.9 Å². The molecule has 1 aliphatic rings. The number of hydrogen-bond donors (Lipinski definition) is 0. The molecule has 4 rings (SSSR count). The first-order valence-corrected chi connectivity index (χ1v) is 11.6. The van der Waals surface area contributed by atoms with E-state index < -0.39 is 0 Å². The summed E-state index contributed by atoms with van der Waals surface area (Å²) in [4.78, 5) is 30.6. The molecule has 5 nitrogen and oxygen atoms in total. The van der Waals surface area contributed by atoms with Crippen LogP contribution in [-0.4, -0.2) is 30.4 Å². The highest BCUT2D eigenvalue weighted by Gasteiger charge is 2.41. The van der Waals surface area contributed by atoms with Gasteiger partial charge in [-0.3, -0.25) is 9.59 Å². The van der Waals surface area contributed by atoms with Gasteiger partial charge in [-0.1, -0.05) is 68.4 Å². The summed E-state index contributed by atoms with van der Waals surface area (Å²) in [6.45, 7) is 7.22. The van der Waals surface area contributed by atoms with Crippen molar-refractivity contribution >= 4 is 23.1 Å². The standard InChI is InChI=1S/C29H30N2O3/c1-5-34-25-17-13-23(14-18-25)26-27(30(4)19-21-9-7-6-8-10-21)29(33)31(28(26)32)24-15-11-22(12-16-24)20(2)3/h6-18,20H,5,19H2,1-4H3. The third-order valence-electron chi connectivity index (χ3n) is 5.98. The van der Waals surface area contributed by atoms with Crippen molar-refractivity contribution in [2.24, 2.45) is 0 Å². The van der Waals surface area contributed by atoms with Gasteiger partial charge in [0.05, 0.1) is 17.9 Å². The maximum Gasteiger partial charge on any atom is 0.282 e. The van der Waals surface area contributed by atoms with Crippen LogP contribution in [0.25, 0.3) is 5.57 Å². The average molecular weight is 455 g/mol. The molecule has 174 valence electrons. The molecule has 0 saturated heterocycles. The van der Waals surface area contributed by atoms with Gasteiger partial charge in [-0.25, -0.2) is 4.90 Å². The Morgan fingerprint density at radius 1 is 0.853 bits per heavy atom. The van der Waals surface area contributed by atoms with Crippen molar-refractivity contribution in [1.82, 2.24) is 4.90 Å². The average Bonchev–Trinajstić information content (AvgIpc) is 3.10. The van der Waals surface area contributed by atoms with Crippen LogP contribution in [0.2, 0.25) is 0 Å². The lowest BCUT2D eigenvalue weighted by Crippen LogP contribution is -2.34. The molecule has 0 bridgehead atoms. The minimum atomic E-state index is -0.318. The van der Waals surface area contributed by atoms with Gasteiger partial charge in [0.2, 0.25) is 0 Å². The number of ether oxygens (including phenoxy) is 1. The van der Waals surface area contributed by atoms with Crippen LogP contribution < -0.4 is 9.64 Å². The van der Waals surface area contributed by atoms with Gasteiger partial charge < -0.3 is 9.64 Å². The number of imide groups is 1. The van der Waals surface area contributed by atoms with E-state index in [1.165, 1.54) is 4.90 Å². The van der Waals surface area contributed by atoms with E-state index in [1.807, 2.05) is 97.7 Å². The number of rotatable bonds is 8. The van der Waals surface area contributed by atoms with Crippen molar-refractivity contribution in [2.75, 3.05) is 18.6 Å². The first-order valence-electron chi connectivity index (χ1n) is 11.6. The Morgan fingerprint density at radius 2 is 1.50 bits per heavy atom. The number of benzene rings is 3. The van der Waals surface area contributed by atoms with Crippen molar-refractivity contribution < 1.29 is 14.3 Å². The highest BCUT2D eigenvalue weighted by molar-refractivity contribution is 6.45. The second kappa shape index (κ2) is 9.96. The van der Waals surface area contributed by atoms with Crippen molar-refractivity contribution in [3.05, 3.63) is 101 Å². The summed E-state index contributed by atoms with van der Waals surface area (Å²) in [5.41, 5.74) is 4.28. The second-order valence-corrected chi connectivity index (χ2v) is 8.71. The Labute approximate surface area is 201 Å². The fourth-order valence-corrected chi connectivity index (χ4v) is 4.20. The minimum absolute atomic E-state index is 0.315. The molecular weight excluding hydrogens is 424 g/mol. The number of nitrogens with zero attached hydrogens (tertiary/aromatic N) is 2. The van der Waals surface area contributed by atoms with Crippen LogP contribution in [0.1, 0.15) is 43.4 Å². The third-order valence-corrected chi connectivity index (χ3v) is 5.98. The van der Waals surface area contributed by atoms with Gasteiger partial charge in [0.25, 0.3) is 11.8 Å². The van der Waals surface area contributed by atoms with Gasteiger partial charge in [0, 0.05) is 13.6 Å². The molecule has 34 heavy (non-hydrogen) atoms. The van der Waals surface area contributed by atoms with Crippen molar-refractivity contribution in [3.8, 4) is 5.75 Å². The minimum Gasteiger partial charge on any atom is -0.494 e. The molecule has 0 atom stereocenters. The Kier molecular flexibility index (Phi) is 6.82. The van der Waals surface area contributed by atoms with E-state index in [0.717, 1.165) is 16.9 Å². The van der Waals surface area contributed by atoms with E-state index in [0.29, 0.717) is 41.6 Å². The monoisotopic (exact) mass is 454 g/mol. The summed E-state index contributed by atoms with van der Waals surface area (Å²) in [5, 5.41) is 0. The van der Waals surface area contributed by atoms with Crippen molar-refractivity contribution in [2.45, 2.75) is 33.2 Å². The molecule has 0 aromatic heterocycles. The molecule has 0 unspecified atom stereocenters. The van der Waals surface area contributed by atoms with E-state index in [1.54, 1.807) is 0 Å². The molecule has 1 heterocycles. The maximum atomic E-state index is 13.7. The predicted molar refractivity (Wildman–Crippen MR) is 135 cm³/mol. The molecule has 1 aliphatic heterocycles. The first-order chi connectivity index (χ1) is 16.4. The Hall–Kier alpha value is -3.86. The summed E-state index contributed by atoms with van der Waals surface area (Å²) in [5.74, 6) is 0.457. The van der Waals surface area contributed by atoms with Crippen LogP contribution >= 0.6 is 0 Å². The Morgan fingerprint density at radius 3 is 2.09 bits per heavy atom. The molecule has 3 aromatic carbocycles. The molecule has 2 amide bonds. The largest absolute Gasteiger partial charge is 0.494 e. The molecular formula is C29H30N2O3. The number of hydrogen-bond acceptors (Lipinski definition) is 4. The first kappa shape index (κ1) is 23.3. The van der Waals surface area contributed by atoms with Gasteiger partial charge in [0.15, 0.2) is 0 Å². The highest BCUT2D eigenvalue weighted by atomic mass is 16.5. The van der Waals surface area contributed by atoms with E-state index >= 15 is 0 Å². The lowest BCUT2D eigenvalue weighted by molar-refractivity contribution is -0.120. The van der Waals surface area contributed by atoms with E-state index in [-0.39, 0.29) is 11.8 Å². The maximum absolute atomic E-state index is 13.7. The normalized spacial score (nSPS) is 13.7. The van der Waals surface area contributed by atoms with E-state index in [9.17, 15) is 9.59 Å². The lowest BCUT2D eigenvalue weighted by atomic mass is 10.0. The SMILES string of the molecule is CCOc1ccc(C2=C(N(C)Cc3ccccc3)C(=O)N(c3ccc(C(C)C)cc3)C2=O)cc1. The zero-order valence-corrected chi connectivity index (χ0v) is 20.1. The van der Waals surface area contributed by atoms with E-state index in [4.69, 9.17) is 4.74 Å². The van der Waals surface area contributed by atoms with Gasteiger partial charge in [0.1, 0.15) is 11.4 Å². The van der Waals surface area contributed by atoms with Crippen LogP contribution in [0.15, 0.2) is 84.6 Å². The highest BCUT2D eigenvalue weighted by Crippen LogP contribution is 2.36. The summed E-state index contributed by atoms with van der Waals surface area (Å²) in [7, 11) is 1.85. The lowest BCUT2D eigenvalue weighted by Gasteiger charge is -2.22. The predicted octanol–water partition coefficient (Wildman–Crippen LogP) is 5.63. The molecule has 0 N–H and O–H groups in total. The molecule has 3 aromatic rings. The van der Waals surface area contributed by atoms with Crippen LogP contribution in [0.5, 0.6) is 5.75 Å². The summed E-state index contributed by atoms with van der Waals surface area (Å²) in [6, 6.07) is 24.9. The summed E-state index contributed by atoms with van der Waals surface area (Å²) < 4.78 is 5.56. The molecule has 0 spiro atoms. The molecule has 0 fully saturated rings. The van der Waals surface area contributed by atoms with Gasteiger partial charge in [-0.2, -0.15) is 0 Å². The molecule has 0 radical (unpaired) electrons. The number of anilines is 1. The molecule has 0 saturated carbocycles. The Balaban J connectivity index is 1.75. The number of carbonyl (C=O) groups excluding carboxylic acids is 2. The quantitative estimate of drug-likeness (QED) is 0.414. The van der Waals surface area contributed by atoms with Crippen molar-refractivity contribution in [3.63, 3.8) is 0 Å². The molecule has 5 heteroatoms. The Bertz CT molecular complexity index is 1200. The smallest absolute Gasteiger partial charge is 0.282 e. The van der Waals surface area contributed by atoms with Crippen molar-refractivity contribution in [1.29, 1.82) is 0 Å². The third kappa shape index (κ3) is 4.60. The van der Waals surface area contributed by atoms with E-state index in [2.05, 4.69) is 13.8 Å². The van der Waals surface area contributed by atoms with Gasteiger partial charge in [-0.05, 0) is 53.8 Å². The summed E-state index contributed by atoms with van der Waals surface area (Å²) in [6.07, 6.45) is 0. The van der Waals surface area contributed by atoms with Gasteiger partial charge >= 0.3 is 0 Å². The fourth-order valence-electron chi connectivity index (χ4n) is 4.20.